The van der Waals surface area contributed by atoms with Gasteiger partial charge in [0.25, 0.3) is 0 Å². The highest BCUT2D eigenvalue weighted by atomic mass is 16.8. The molecule has 22 saturated heterocycles. The van der Waals surface area contributed by atoms with Crippen molar-refractivity contribution in [1.29, 1.82) is 0 Å². The van der Waals surface area contributed by atoms with Gasteiger partial charge in [0.15, 0.2) is 37.7 Å². The van der Waals surface area contributed by atoms with Crippen LogP contribution in [-0.2, 0) is 56.8 Å². The summed E-state index contributed by atoms with van der Waals surface area (Å²) in [5.41, 5.74) is 0. The Morgan fingerprint density at radius 1 is 0.250 bits per heavy atom. The molecule has 0 amide bonds. The van der Waals surface area contributed by atoms with E-state index in [1.165, 1.54) is 0 Å². The van der Waals surface area contributed by atoms with Crippen molar-refractivity contribution in [2.75, 3.05) is 39.6 Å². The number of aliphatic hydroxyl groups excluding tert-OH is 16. The number of rotatable bonds is 6. The fourth-order valence-corrected chi connectivity index (χ4v) is 8.94. The molecular weight excluding hydrogens is 880 g/mol. The van der Waals surface area contributed by atoms with Crippen LogP contribution in [0.15, 0.2) is 0 Å². The Balaban J connectivity index is 1.16. The van der Waals surface area contributed by atoms with Crippen LogP contribution in [0.2, 0.25) is 0 Å². The van der Waals surface area contributed by atoms with E-state index in [0.29, 0.717) is 0 Å². The second kappa shape index (κ2) is 21.7. The third kappa shape index (κ3) is 10.1. The SMILES string of the molecule is OC[C@H]1OC2C[C@@H](O)C1OC1O[C@H](CO)C(OC3C[C@@H](O)C(OC4O[C@H](CO)C(OC5O[C@H](CO)C(OC6O[C@H](CO)C(O2)[C@H](O)[C@H]6O)[C@H](O)[C@H]5O)[C@H](O)[C@H]4O)[C@@H](CO)O3)[C@H](O)[C@H]1O. The van der Waals surface area contributed by atoms with Crippen molar-refractivity contribution in [2.24, 2.45) is 0 Å². The summed E-state index contributed by atoms with van der Waals surface area (Å²) in [6.45, 7) is -5.34. The fourth-order valence-electron chi connectivity index (χ4n) is 8.94. The van der Waals surface area contributed by atoms with Crippen molar-refractivity contribution in [3.8, 4) is 0 Å². The lowest BCUT2D eigenvalue weighted by Crippen LogP contribution is -2.67. The zero-order valence-electron chi connectivity index (χ0n) is 33.9. The van der Waals surface area contributed by atoms with Gasteiger partial charge < -0.3 is 139 Å². The second-order valence-corrected chi connectivity index (χ2v) is 16.6. The van der Waals surface area contributed by atoms with Crippen LogP contribution < -0.4 is 0 Å². The molecule has 64 heavy (non-hydrogen) atoms. The van der Waals surface area contributed by atoms with Crippen LogP contribution in [0.5, 0.6) is 0 Å². The molecule has 0 aliphatic carbocycles. The molecular formula is C36H60O28. The average Bonchev–Trinajstić information content (AvgIpc) is 3.28. The van der Waals surface area contributed by atoms with E-state index < -0.39 is 225 Å². The first-order chi connectivity index (χ1) is 30.6. The molecule has 0 spiro atoms. The maximum absolute atomic E-state index is 11.2. The molecule has 22 rings (SSSR count). The lowest BCUT2D eigenvalue weighted by atomic mass is 9.95. The minimum absolute atomic E-state index is 0.467. The van der Waals surface area contributed by atoms with Crippen molar-refractivity contribution in [3.05, 3.63) is 0 Å². The predicted molar refractivity (Wildman–Crippen MR) is 193 cm³/mol. The van der Waals surface area contributed by atoms with Crippen LogP contribution in [0.1, 0.15) is 12.8 Å². The summed E-state index contributed by atoms with van der Waals surface area (Å²) in [5, 5.41) is 173. The highest BCUT2D eigenvalue weighted by molar-refractivity contribution is 4.99. The Hall–Kier alpha value is -1.12. The van der Waals surface area contributed by atoms with E-state index in [4.69, 9.17) is 56.8 Å². The summed E-state index contributed by atoms with van der Waals surface area (Å²) < 4.78 is 69.0. The zero-order valence-corrected chi connectivity index (χ0v) is 33.9. The normalized spacial score (nSPS) is 54.4. The molecule has 22 fully saturated rings. The molecule has 22 aliphatic rings. The van der Waals surface area contributed by atoms with Gasteiger partial charge in [-0.25, -0.2) is 0 Å². The summed E-state index contributed by atoms with van der Waals surface area (Å²) in [5.74, 6) is 0. The summed E-state index contributed by atoms with van der Waals surface area (Å²) in [6, 6.07) is 0. The standard InChI is InChI=1S/C36H60O28/c37-3-11-27-9(43)1-18(53-11)60-30-14(6-40)56-35(24(50)20(30)46)63-32-16(8-42)58-36(26(52)22(32)48)64-31-15(7-41)57-34(25(51)21(31)47)62-28-10(44)2-17(54-12(28)4-38)59-29-13(5-39)55-33(61-27)23(49)19(29)45/h9-52H,1-8H2/t9-,10-,11-,12-,13-,14-,15-,16-,17?,18?,19-,20-,21-,22-,23-,24-,25-,26-,27?,28?,29?,30?,31?,32?,33?,34?,35?,36?/m1/s1. The molecule has 0 saturated carbocycles. The van der Waals surface area contributed by atoms with Gasteiger partial charge in [0, 0.05) is 12.8 Å². The summed E-state index contributed by atoms with van der Waals surface area (Å²) >= 11 is 0. The molecule has 22 aliphatic heterocycles. The molecule has 28 atom stereocenters. The van der Waals surface area contributed by atoms with E-state index in [0.717, 1.165) is 0 Å². The molecule has 28 nitrogen and oxygen atoms in total. The predicted octanol–water partition coefficient (Wildman–Crippen LogP) is -11.0. The van der Waals surface area contributed by atoms with Crippen LogP contribution in [0.4, 0.5) is 0 Å². The molecule has 0 aromatic rings. The molecule has 12 bridgehead atoms. The third-order valence-electron chi connectivity index (χ3n) is 12.4. The highest BCUT2D eigenvalue weighted by Gasteiger charge is 2.57. The Kier molecular flexibility index (Phi) is 17.2. The molecule has 0 aromatic heterocycles. The van der Waals surface area contributed by atoms with Gasteiger partial charge in [0.1, 0.15) is 122 Å². The average molecular weight is 941 g/mol. The molecule has 0 radical (unpaired) electrons. The number of aliphatic hydroxyl groups is 16. The van der Waals surface area contributed by atoms with Gasteiger partial charge in [-0.3, -0.25) is 0 Å². The van der Waals surface area contributed by atoms with Crippen LogP contribution in [0.3, 0.4) is 0 Å². The van der Waals surface area contributed by atoms with Gasteiger partial charge in [-0.2, -0.15) is 0 Å². The monoisotopic (exact) mass is 940 g/mol. The lowest BCUT2D eigenvalue weighted by molar-refractivity contribution is -0.395. The molecule has 12 unspecified atom stereocenters. The van der Waals surface area contributed by atoms with E-state index in [1.54, 1.807) is 0 Å². The van der Waals surface area contributed by atoms with Crippen molar-refractivity contribution in [2.45, 2.75) is 185 Å². The van der Waals surface area contributed by atoms with E-state index >= 15 is 0 Å². The van der Waals surface area contributed by atoms with Crippen LogP contribution in [0.25, 0.3) is 0 Å². The maximum Gasteiger partial charge on any atom is 0.187 e. The summed E-state index contributed by atoms with van der Waals surface area (Å²) in [7, 11) is 0. The highest BCUT2D eigenvalue weighted by Crippen LogP contribution is 2.37. The topological polar surface area (TPSA) is 434 Å². The smallest absolute Gasteiger partial charge is 0.187 e. The first-order valence-electron chi connectivity index (χ1n) is 20.9. The number of ether oxygens (including phenoxy) is 12. The third-order valence-corrected chi connectivity index (χ3v) is 12.4. The van der Waals surface area contributed by atoms with Gasteiger partial charge in [0.05, 0.1) is 51.8 Å². The zero-order chi connectivity index (χ0) is 46.3. The van der Waals surface area contributed by atoms with Gasteiger partial charge in [-0.1, -0.05) is 0 Å². The molecule has 28 heteroatoms. The lowest BCUT2D eigenvalue weighted by Gasteiger charge is -2.50. The first kappa shape index (κ1) is 50.7. The minimum Gasteiger partial charge on any atom is -0.394 e. The summed E-state index contributed by atoms with van der Waals surface area (Å²) in [6.07, 6.45) is -49.6. The quantitative estimate of drug-likeness (QED) is 0.118. The van der Waals surface area contributed by atoms with E-state index in [2.05, 4.69) is 0 Å². The fraction of sp³-hybridized carbons (Fsp3) is 1.00. The van der Waals surface area contributed by atoms with Gasteiger partial charge in [-0.05, 0) is 0 Å². The van der Waals surface area contributed by atoms with Crippen LogP contribution in [-0.4, -0.2) is 293 Å². The number of hydrogen-bond donors (Lipinski definition) is 16. The van der Waals surface area contributed by atoms with Gasteiger partial charge in [-0.15, -0.1) is 0 Å². The Bertz CT molecular complexity index is 1450. The summed E-state index contributed by atoms with van der Waals surface area (Å²) in [4.78, 5) is 0. The molecule has 16 N–H and O–H groups in total. The van der Waals surface area contributed by atoms with E-state index in [1.807, 2.05) is 0 Å². The second-order valence-electron chi connectivity index (χ2n) is 16.6. The van der Waals surface area contributed by atoms with Crippen LogP contribution in [0, 0.1) is 0 Å². The van der Waals surface area contributed by atoms with Crippen molar-refractivity contribution < 1.29 is 139 Å². The minimum atomic E-state index is -2.09. The number of hydrogen-bond acceptors (Lipinski definition) is 28. The maximum atomic E-state index is 11.2. The molecule has 372 valence electrons. The largest absolute Gasteiger partial charge is 0.394 e. The van der Waals surface area contributed by atoms with E-state index in [-0.39, 0.29) is 0 Å². The van der Waals surface area contributed by atoms with Gasteiger partial charge in [0.2, 0.25) is 0 Å². The van der Waals surface area contributed by atoms with Crippen molar-refractivity contribution >= 4 is 0 Å². The molecule has 22 heterocycles. The first-order valence-corrected chi connectivity index (χ1v) is 20.9. The van der Waals surface area contributed by atoms with Gasteiger partial charge >= 0.3 is 0 Å². The van der Waals surface area contributed by atoms with Crippen LogP contribution >= 0.6 is 0 Å². The Labute approximate surface area is 363 Å². The molecule has 0 aromatic carbocycles. The van der Waals surface area contributed by atoms with Crippen molar-refractivity contribution in [1.82, 2.24) is 0 Å². The van der Waals surface area contributed by atoms with Crippen molar-refractivity contribution in [3.63, 3.8) is 0 Å². The Morgan fingerprint density at radius 2 is 0.469 bits per heavy atom. The van der Waals surface area contributed by atoms with E-state index in [9.17, 15) is 81.7 Å². The Morgan fingerprint density at radius 3 is 0.719 bits per heavy atom.